The maximum absolute atomic E-state index is 11.8. The molecule has 0 heterocycles. The van der Waals surface area contributed by atoms with Gasteiger partial charge in [0, 0.05) is 34.3 Å². The number of halogens is 2. The van der Waals surface area contributed by atoms with E-state index in [1.807, 2.05) is 0 Å². The highest BCUT2D eigenvalue weighted by Gasteiger charge is 2.07. The Labute approximate surface area is 138 Å². The molecular weight excluding hydrogens is 323 g/mol. The SMILES string of the molecule is O=C(CCNC(=O)c1ccc(Cl)cc1)Nc1cccc(Cl)c1. The molecule has 0 saturated heterocycles. The van der Waals surface area contributed by atoms with Gasteiger partial charge in [-0.3, -0.25) is 9.59 Å². The Morgan fingerprint density at radius 3 is 2.36 bits per heavy atom. The van der Waals surface area contributed by atoms with Crippen molar-refractivity contribution >= 4 is 40.7 Å². The molecule has 0 aliphatic carbocycles. The van der Waals surface area contributed by atoms with Crippen LogP contribution in [-0.2, 0) is 4.79 Å². The maximum Gasteiger partial charge on any atom is 0.251 e. The van der Waals surface area contributed by atoms with Crippen LogP contribution in [0.5, 0.6) is 0 Å². The molecule has 114 valence electrons. The molecule has 0 aliphatic heterocycles. The van der Waals surface area contributed by atoms with Crippen molar-refractivity contribution in [2.45, 2.75) is 6.42 Å². The Bertz CT molecular complexity index is 672. The summed E-state index contributed by atoms with van der Waals surface area (Å²) in [6.07, 6.45) is 0.172. The van der Waals surface area contributed by atoms with Crippen LogP contribution in [0.25, 0.3) is 0 Å². The third kappa shape index (κ3) is 5.06. The molecule has 2 aromatic carbocycles. The van der Waals surface area contributed by atoms with E-state index in [0.29, 0.717) is 21.3 Å². The average molecular weight is 337 g/mol. The topological polar surface area (TPSA) is 58.2 Å². The normalized spacial score (nSPS) is 10.1. The molecule has 0 unspecified atom stereocenters. The van der Waals surface area contributed by atoms with Gasteiger partial charge in [-0.2, -0.15) is 0 Å². The third-order valence-electron chi connectivity index (χ3n) is 2.85. The van der Waals surface area contributed by atoms with E-state index in [1.165, 1.54) is 0 Å². The van der Waals surface area contributed by atoms with Crippen LogP contribution >= 0.6 is 23.2 Å². The van der Waals surface area contributed by atoms with Crippen molar-refractivity contribution in [2.75, 3.05) is 11.9 Å². The fourth-order valence-electron chi connectivity index (χ4n) is 1.78. The summed E-state index contributed by atoms with van der Waals surface area (Å²) in [5.41, 5.74) is 1.13. The summed E-state index contributed by atoms with van der Waals surface area (Å²) in [7, 11) is 0. The van der Waals surface area contributed by atoms with Gasteiger partial charge in [0.25, 0.3) is 5.91 Å². The molecule has 0 atom stereocenters. The minimum Gasteiger partial charge on any atom is -0.352 e. The molecule has 2 aromatic rings. The molecule has 0 fully saturated rings. The van der Waals surface area contributed by atoms with Gasteiger partial charge in [-0.1, -0.05) is 29.3 Å². The van der Waals surface area contributed by atoms with Crippen LogP contribution in [0.3, 0.4) is 0 Å². The second-order valence-corrected chi connectivity index (χ2v) is 5.44. The molecule has 6 heteroatoms. The highest BCUT2D eigenvalue weighted by molar-refractivity contribution is 6.31. The average Bonchev–Trinajstić information content (AvgIpc) is 2.47. The zero-order valence-electron chi connectivity index (χ0n) is 11.6. The van der Waals surface area contributed by atoms with E-state index < -0.39 is 0 Å². The van der Waals surface area contributed by atoms with Crippen LogP contribution < -0.4 is 10.6 Å². The summed E-state index contributed by atoms with van der Waals surface area (Å²) in [5, 5.41) is 6.51. The lowest BCUT2D eigenvalue weighted by atomic mass is 10.2. The number of hydrogen-bond acceptors (Lipinski definition) is 2. The summed E-state index contributed by atoms with van der Waals surface area (Å²) < 4.78 is 0. The van der Waals surface area contributed by atoms with Crippen molar-refractivity contribution in [2.24, 2.45) is 0 Å². The van der Waals surface area contributed by atoms with Gasteiger partial charge in [0.1, 0.15) is 0 Å². The molecule has 0 aromatic heterocycles. The van der Waals surface area contributed by atoms with Gasteiger partial charge in [0.15, 0.2) is 0 Å². The standard InChI is InChI=1S/C16H14Cl2N2O2/c17-12-6-4-11(5-7-12)16(22)19-9-8-15(21)20-14-3-1-2-13(18)10-14/h1-7,10H,8-9H2,(H,19,22)(H,20,21). The second-order valence-electron chi connectivity index (χ2n) is 4.57. The summed E-state index contributed by atoms with van der Waals surface area (Å²) in [6.45, 7) is 0.244. The number of carbonyl (C=O) groups is 2. The predicted octanol–water partition coefficient (Wildman–Crippen LogP) is 3.75. The zero-order valence-corrected chi connectivity index (χ0v) is 13.1. The first-order chi connectivity index (χ1) is 10.5. The van der Waals surface area contributed by atoms with Gasteiger partial charge in [-0.25, -0.2) is 0 Å². The lowest BCUT2D eigenvalue weighted by molar-refractivity contribution is -0.116. The van der Waals surface area contributed by atoms with E-state index >= 15 is 0 Å². The first kappa shape index (κ1) is 16.3. The Balaban J connectivity index is 1.77. The highest BCUT2D eigenvalue weighted by Crippen LogP contribution is 2.15. The van der Waals surface area contributed by atoms with E-state index in [1.54, 1.807) is 48.5 Å². The van der Waals surface area contributed by atoms with E-state index in [9.17, 15) is 9.59 Å². The van der Waals surface area contributed by atoms with Gasteiger partial charge in [0.2, 0.25) is 5.91 Å². The molecule has 4 nitrogen and oxygen atoms in total. The minimum atomic E-state index is -0.243. The fourth-order valence-corrected chi connectivity index (χ4v) is 2.10. The Kier molecular flexibility index (Phi) is 5.81. The van der Waals surface area contributed by atoms with Crippen molar-refractivity contribution in [3.8, 4) is 0 Å². The van der Waals surface area contributed by atoms with Crippen molar-refractivity contribution in [3.63, 3.8) is 0 Å². The first-order valence-corrected chi connectivity index (χ1v) is 7.39. The Hall–Kier alpha value is -2.04. The summed E-state index contributed by atoms with van der Waals surface area (Å²) in [5.74, 6) is -0.439. The lowest BCUT2D eigenvalue weighted by Gasteiger charge is -2.07. The molecule has 2 amide bonds. The van der Waals surface area contributed by atoms with Crippen LogP contribution in [0.4, 0.5) is 5.69 Å². The molecule has 0 radical (unpaired) electrons. The van der Waals surface area contributed by atoms with E-state index in [-0.39, 0.29) is 24.8 Å². The highest BCUT2D eigenvalue weighted by atomic mass is 35.5. The largest absolute Gasteiger partial charge is 0.352 e. The van der Waals surface area contributed by atoms with Gasteiger partial charge in [-0.15, -0.1) is 0 Å². The quantitative estimate of drug-likeness (QED) is 0.873. The van der Waals surface area contributed by atoms with Crippen molar-refractivity contribution in [3.05, 3.63) is 64.1 Å². The van der Waals surface area contributed by atoms with E-state index in [2.05, 4.69) is 10.6 Å². The Morgan fingerprint density at radius 2 is 1.68 bits per heavy atom. The summed E-state index contributed by atoms with van der Waals surface area (Å²) in [4.78, 5) is 23.6. The van der Waals surface area contributed by atoms with Gasteiger partial charge in [-0.05, 0) is 42.5 Å². The zero-order chi connectivity index (χ0) is 15.9. The van der Waals surface area contributed by atoms with Gasteiger partial charge >= 0.3 is 0 Å². The fraction of sp³-hybridized carbons (Fsp3) is 0.125. The lowest BCUT2D eigenvalue weighted by Crippen LogP contribution is -2.27. The number of carbonyl (C=O) groups excluding carboxylic acids is 2. The Morgan fingerprint density at radius 1 is 0.955 bits per heavy atom. The predicted molar refractivity (Wildman–Crippen MR) is 88.5 cm³/mol. The van der Waals surface area contributed by atoms with Crippen LogP contribution in [-0.4, -0.2) is 18.4 Å². The summed E-state index contributed by atoms with van der Waals surface area (Å²) in [6, 6.07) is 13.4. The molecule has 0 spiro atoms. The van der Waals surface area contributed by atoms with E-state index in [0.717, 1.165) is 0 Å². The monoisotopic (exact) mass is 336 g/mol. The van der Waals surface area contributed by atoms with Crippen LogP contribution in [0.1, 0.15) is 16.8 Å². The second kappa shape index (κ2) is 7.82. The van der Waals surface area contributed by atoms with Crippen LogP contribution in [0.15, 0.2) is 48.5 Å². The van der Waals surface area contributed by atoms with E-state index in [4.69, 9.17) is 23.2 Å². The first-order valence-electron chi connectivity index (χ1n) is 6.64. The number of benzene rings is 2. The number of rotatable bonds is 5. The molecule has 0 saturated carbocycles. The van der Waals surface area contributed by atoms with Crippen molar-refractivity contribution < 1.29 is 9.59 Å². The number of nitrogens with one attached hydrogen (secondary N) is 2. The smallest absolute Gasteiger partial charge is 0.251 e. The van der Waals surface area contributed by atoms with Gasteiger partial charge in [0.05, 0.1) is 0 Å². The molecule has 2 N–H and O–H groups in total. The molecule has 0 aliphatic rings. The molecular formula is C16H14Cl2N2O2. The molecule has 2 rings (SSSR count). The van der Waals surface area contributed by atoms with Gasteiger partial charge < -0.3 is 10.6 Å². The van der Waals surface area contributed by atoms with Crippen LogP contribution in [0, 0.1) is 0 Å². The summed E-state index contributed by atoms with van der Waals surface area (Å²) >= 11 is 11.6. The molecule has 22 heavy (non-hydrogen) atoms. The number of hydrogen-bond donors (Lipinski definition) is 2. The van der Waals surface area contributed by atoms with Crippen molar-refractivity contribution in [1.29, 1.82) is 0 Å². The number of anilines is 1. The molecule has 0 bridgehead atoms. The number of amides is 2. The van der Waals surface area contributed by atoms with Crippen molar-refractivity contribution in [1.82, 2.24) is 5.32 Å². The third-order valence-corrected chi connectivity index (χ3v) is 3.34. The maximum atomic E-state index is 11.8. The van der Waals surface area contributed by atoms with Crippen LogP contribution in [0.2, 0.25) is 10.0 Å². The minimum absolute atomic E-state index is 0.172.